The molecule has 0 atom stereocenters. The van der Waals surface area contributed by atoms with E-state index in [1.165, 1.54) is 7.11 Å². The summed E-state index contributed by atoms with van der Waals surface area (Å²) in [4.78, 5) is 23.9. The molecular weight excluding hydrogens is 440 g/mol. The molecular formula is C29H28N2O4. The van der Waals surface area contributed by atoms with Crippen LogP contribution in [0.1, 0.15) is 34.7 Å². The molecule has 4 rings (SSSR count). The van der Waals surface area contributed by atoms with Crippen LogP contribution in [0.15, 0.2) is 102 Å². The van der Waals surface area contributed by atoms with Gasteiger partial charge in [-0.1, -0.05) is 72.8 Å². The number of hydrogen-bond acceptors (Lipinski definition) is 5. The Balaban J connectivity index is 1.49. The number of carbonyl (C=O) groups excluding carboxylic acids is 1. The van der Waals surface area contributed by atoms with Gasteiger partial charge in [-0.05, 0) is 47.7 Å². The number of aromatic nitrogens is 2. The van der Waals surface area contributed by atoms with Gasteiger partial charge in [0, 0.05) is 12.6 Å². The molecule has 0 fully saturated rings. The molecule has 0 bridgehead atoms. The average Bonchev–Trinajstić information content (AvgIpc) is 2.90. The van der Waals surface area contributed by atoms with Crippen molar-refractivity contribution in [3.05, 3.63) is 130 Å². The minimum Gasteiger partial charge on any atom is -0.482 e. The Labute approximate surface area is 204 Å². The number of esters is 1. The topological polar surface area (TPSA) is 70.4 Å². The maximum absolute atomic E-state index is 12.6. The maximum Gasteiger partial charge on any atom is 0.343 e. The van der Waals surface area contributed by atoms with E-state index in [9.17, 15) is 9.59 Å². The number of carbonyl (C=O) groups is 1. The molecule has 1 aromatic heterocycles. The standard InChI is InChI=1S/C29H28N2O4/c1-34-28(33)21-35-25-16-8-10-22(20-25)11-9-19-31-27(32)18-17-26(30-31)29(23-12-4-2-5-13-23)24-14-6-3-7-15-24/h2-8,10,12-18,20,29H,9,11,19,21H2,1H3. The third-order valence-corrected chi connectivity index (χ3v) is 5.77. The van der Waals surface area contributed by atoms with Crippen LogP contribution in [0.2, 0.25) is 0 Å². The first-order valence-corrected chi connectivity index (χ1v) is 11.6. The molecule has 6 heteroatoms. The monoisotopic (exact) mass is 468 g/mol. The summed E-state index contributed by atoms with van der Waals surface area (Å²) >= 11 is 0. The summed E-state index contributed by atoms with van der Waals surface area (Å²) in [6, 6.07) is 31.4. The lowest BCUT2D eigenvalue weighted by Crippen LogP contribution is -2.24. The van der Waals surface area contributed by atoms with Crippen LogP contribution in [-0.2, 0) is 22.5 Å². The molecule has 178 valence electrons. The highest BCUT2D eigenvalue weighted by molar-refractivity contribution is 5.70. The minimum atomic E-state index is -0.426. The first kappa shape index (κ1) is 24.0. The predicted octanol–water partition coefficient (Wildman–Crippen LogP) is 4.61. The van der Waals surface area contributed by atoms with Gasteiger partial charge in [0.1, 0.15) is 5.75 Å². The molecule has 4 aromatic rings. The summed E-state index contributed by atoms with van der Waals surface area (Å²) in [6.07, 6.45) is 1.48. The number of nitrogens with zero attached hydrogens (tertiary/aromatic N) is 2. The quantitative estimate of drug-likeness (QED) is 0.318. The van der Waals surface area contributed by atoms with E-state index >= 15 is 0 Å². The van der Waals surface area contributed by atoms with Crippen LogP contribution in [0, 0.1) is 0 Å². The fourth-order valence-electron chi connectivity index (χ4n) is 4.03. The van der Waals surface area contributed by atoms with Crippen molar-refractivity contribution in [1.29, 1.82) is 0 Å². The number of hydrogen-bond donors (Lipinski definition) is 0. The largest absolute Gasteiger partial charge is 0.482 e. The summed E-state index contributed by atoms with van der Waals surface area (Å²) in [7, 11) is 1.33. The van der Waals surface area contributed by atoms with Crippen LogP contribution in [0.5, 0.6) is 5.75 Å². The van der Waals surface area contributed by atoms with Crippen molar-refractivity contribution in [1.82, 2.24) is 9.78 Å². The smallest absolute Gasteiger partial charge is 0.343 e. The number of aryl methyl sites for hydroxylation is 2. The second-order valence-corrected chi connectivity index (χ2v) is 8.19. The summed E-state index contributed by atoms with van der Waals surface area (Å²) in [5.74, 6) is 0.122. The highest BCUT2D eigenvalue weighted by Crippen LogP contribution is 2.30. The molecule has 0 unspecified atom stereocenters. The molecule has 0 aliphatic heterocycles. The fraction of sp³-hybridized carbons (Fsp3) is 0.207. The molecule has 0 N–H and O–H groups in total. The Hall–Kier alpha value is -4.19. The summed E-state index contributed by atoms with van der Waals surface area (Å²) in [6.45, 7) is 0.367. The number of rotatable bonds is 10. The molecule has 0 spiro atoms. The zero-order valence-electron chi connectivity index (χ0n) is 19.7. The van der Waals surface area contributed by atoms with Gasteiger partial charge in [-0.3, -0.25) is 4.79 Å². The van der Waals surface area contributed by atoms with E-state index in [0.717, 1.165) is 35.2 Å². The first-order valence-electron chi connectivity index (χ1n) is 11.6. The van der Waals surface area contributed by atoms with Crippen molar-refractivity contribution >= 4 is 5.97 Å². The van der Waals surface area contributed by atoms with E-state index < -0.39 is 5.97 Å². The zero-order chi connectivity index (χ0) is 24.5. The van der Waals surface area contributed by atoms with E-state index in [1.807, 2.05) is 60.7 Å². The summed E-state index contributed by atoms with van der Waals surface area (Å²) < 4.78 is 11.6. The van der Waals surface area contributed by atoms with Crippen molar-refractivity contribution in [3.63, 3.8) is 0 Å². The van der Waals surface area contributed by atoms with Gasteiger partial charge in [-0.2, -0.15) is 5.10 Å². The lowest BCUT2D eigenvalue weighted by Gasteiger charge is -2.18. The van der Waals surface area contributed by atoms with E-state index in [-0.39, 0.29) is 18.1 Å². The molecule has 0 aliphatic carbocycles. The summed E-state index contributed by atoms with van der Waals surface area (Å²) in [5, 5.41) is 4.76. The Morgan fingerprint density at radius 3 is 2.23 bits per heavy atom. The van der Waals surface area contributed by atoms with Crippen molar-refractivity contribution in [2.75, 3.05) is 13.7 Å². The Bertz CT molecular complexity index is 1260. The SMILES string of the molecule is COC(=O)COc1cccc(CCCn2nc(C(c3ccccc3)c3ccccc3)ccc2=O)c1. The molecule has 1 heterocycles. The van der Waals surface area contributed by atoms with Crippen LogP contribution in [0.25, 0.3) is 0 Å². The van der Waals surface area contributed by atoms with Gasteiger partial charge in [-0.15, -0.1) is 0 Å². The second-order valence-electron chi connectivity index (χ2n) is 8.19. The second kappa shape index (κ2) is 11.8. The normalized spacial score (nSPS) is 10.8. The van der Waals surface area contributed by atoms with E-state index in [1.54, 1.807) is 16.8 Å². The molecule has 0 saturated carbocycles. The minimum absolute atomic E-state index is 0.0621. The maximum atomic E-state index is 12.6. The number of methoxy groups -OCH3 is 1. The first-order chi connectivity index (χ1) is 17.1. The van der Waals surface area contributed by atoms with Gasteiger partial charge < -0.3 is 9.47 Å². The Morgan fingerprint density at radius 1 is 0.886 bits per heavy atom. The van der Waals surface area contributed by atoms with Crippen LogP contribution in [0.4, 0.5) is 0 Å². The zero-order valence-corrected chi connectivity index (χ0v) is 19.7. The predicted molar refractivity (Wildman–Crippen MR) is 135 cm³/mol. The van der Waals surface area contributed by atoms with E-state index in [2.05, 4.69) is 29.0 Å². The van der Waals surface area contributed by atoms with Crippen LogP contribution < -0.4 is 10.3 Å². The summed E-state index contributed by atoms with van der Waals surface area (Å²) in [5.41, 5.74) is 4.02. The van der Waals surface area contributed by atoms with Crippen LogP contribution in [-0.4, -0.2) is 29.5 Å². The fourth-order valence-corrected chi connectivity index (χ4v) is 4.03. The highest BCUT2D eigenvalue weighted by Gasteiger charge is 2.19. The molecule has 3 aromatic carbocycles. The number of benzene rings is 3. The molecule has 6 nitrogen and oxygen atoms in total. The molecule has 0 radical (unpaired) electrons. The average molecular weight is 469 g/mol. The van der Waals surface area contributed by atoms with Crippen molar-refractivity contribution < 1.29 is 14.3 Å². The Morgan fingerprint density at radius 2 is 1.57 bits per heavy atom. The van der Waals surface area contributed by atoms with Crippen molar-refractivity contribution in [2.45, 2.75) is 25.3 Å². The lowest BCUT2D eigenvalue weighted by molar-refractivity contribution is -0.142. The highest BCUT2D eigenvalue weighted by atomic mass is 16.6. The van der Waals surface area contributed by atoms with Gasteiger partial charge in [0.25, 0.3) is 5.56 Å². The molecule has 0 amide bonds. The molecule has 0 saturated heterocycles. The van der Waals surface area contributed by atoms with Crippen molar-refractivity contribution in [2.24, 2.45) is 0 Å². The molecule has 35 heavy (non-hydrogen) atoms. The van der Waals surface area contributed by atoms with Crippen molar-refractivity contribution in [3.8, 4) is 5.75 Å². The lowest BCUT2D eigenvalue weighted by atomic mass is 9.88. The van der Waals surface area contributed by atoms with Gasteiger partial charge in [0.05, 0.1) is 18.7 Å². The van der Waals surface area contributed by atoms with Gasteiger partial charge >= 0.3 is 5.97 Å². The third kappa shape index (κ3) is 6.44. The van der Waals surface area contributed by atoms with Crippen LogP contribution in [0.3, 0.4) is 0 Å². The van der Waals surface area contributed by atoms with Gasteiger partial charge in [0.2, 0.25) is 0 Å². The number of ether oxygens (including phenoxy) is 2. The molecule has 0 aliphatic rings. The Kier molecular flexibility index (Phi) is 8.07. The van der Waals surface area contributed by atoms with E-state index in [0.29, 0.717) is 12.3 Å². The van der Waals surface area contributed by atoms with Gasteiger partial charge in [0.15, 0.2) is 6.61 Å². The third-order valence-electron chi connectivity index (χ3n) is 5.77. The van der Waals surface area contributed by atoms with Crippen LogP contribution >= 0.6 is 0 Å². The van der Waals surface area contributed by atoms with Gasteiger partial charge in [-0.25, -0.2) is 9.48 Å². The van der Waals surface area contributed by atoms with E-state index in [4.69, 9.17) is 9.84 Å².